The molecule has 1 unspecified atom stereocenters. The van der Waals surface area contributed by atoms with Gasteiger partial charge in [0.1, 0.15) is 18.4 Å². The van der Waals surface area contributed by atoms with Crippen LogP contribution in [0.5, 0.6) is 0 Å². The largest absolute Gasteiger partial charge is 0.339 e. The highest BCUT2D eigenvalue weighted by Crippen LogP contribution is 2.22. The molecule has 2 aliphatic heterocycles. The number of nitrogens with one attached hydrogen (secondary N) is 2. The molecule has 1 atom stereocenters. The third kappa shape index (κ3) is 3.16. The maximum atomic E-state index is 13.0. The van der Waals surface area contributed by atoms with Crippen molar-refractivity contribution in [1.82, 2.24) is 20.4 Å². The average Bonchev–Trinajstić information content (AvgIpc) is 2.84. The summed E-state index contributed by atoms with van der Waals surface area (Å²) in [6, 6.07) is 3.86. The molecule has 1 aromatic rings. The molecule has 23 heavy (non-hydrogen) atoms. The van der Waals surface area contributed by atoms with Gasteiger partial charge in [0.15, 0.2) is 0 Å². The van der Waals surface area contributed by atoms with Gasteiger partial charge in [-0.25, -0.2) is 9.18 Å². The topological polar surface area (TPSA) is 81.8 Å². The molecule has 4 amide bonds. The lowest BCUT2D eigenvalue weighted by Gasteiger charge is -2.28. The predicted octanol–water partition coefficient (Wildman–Crippen LogP) is -0.150. The second kappa shape index (κ2) is 6.33. The first-order valence-corrected chi connectivity index (χ1v) is 7.42. The van der Waals surface area contributed by atoms with Crippen LogP contribution in [0.4, 0.5) is 9.18 Å². The van der Waals surface area contributed by atoms with Crippen LogP contribution in [0.15, 0.2) is 24.3 Å². The fourth-order valence-electron chi connectivity index (χ4n) is 2.70. The third-order valence-electron chi connectivity index (χ3n) is 3.99. The number of halogens is 1. The Balaban J connectivity index is 1.68. The van der Waals surface area contributed by atoms with E-state index in [1.165, 1.54) is 24.3 Å². The molecule has 3 rings (SSSR count). The molecular weight excluding hydrogens is 303 g/mol. The van der Waals surface area contributed by atoms with Gasteiger partial charge in [-0.05, 0) is 17.7 Å². The maximum Gasteiger partial charge on any atom is 0.325 e. The van der Waals surface area contributed by atoms with Crippen LogP contribution in [0, 0.1) is 5.82 Å². The molecule has 2 fully saturated rings. The fourth-order valence-corrected chi connectivity index (χ4v) is 2.70. The van der Waals surface area contributed by atoms with E-state index in [0.717, 1.165) is 4.90 Å². The van der Waals surface area contributed by atoms with Crippen LogP contribution in [0.3, 0.4) is 0 Å². The van der Waals surface area contributed by atoms with Gasteiger partial charge in [0.2, 0.25) is 5.91 Å². The smallest absolute Gasteiger partial charge is 0.325 e. The molecule has 2 saturated heterocycles. The van der Waals surface area contributed by atoms with Gasteiger partial charge in [-0.15, -0.1) is 0 Å². The van der Waals surface area contributed by atoms with Crippen molar-refractivity contribution in [1.29, 1.82) is 0 Å². The summed E-state index contributed by atoms with van der Waals surface area (Å²) in [5.41, 5.74) is 0.488. The molecular formula is C15H17FN4O3. The highest BCUT2D eigenvalue weighted by atomic mass is 19.1. The van der Waals surface area contributed by atoms with Crippen LogP contribution < -0.4 is 10.6 Å². The molecule has 1 aromatic carbocycles. The van der Waals surface area contributed by atoms with Crippen molar-refractivity contribution in [2.24, 2.45) is 0 Å². The van der Waals surface area contributed by atoms with Crippen LogP contribution in [0.2, 0.25) is 0 Å². The standard InChI is InChI=1S/C15H17FN4O3/c16-11-3-1-10(2-4-11)13-14(22)20(15(23)18-13)9-12(21)19-7-5-17-6-8-19/h1-4,13,17H,5-9H2,(H,18,23). The van der Waals surface area contributed by atoms with E-state index in [-0.39, 0.29) is 12.5 Å². The maximum absolute atomic E-state index is 13.0. The zero-order chi connectivity index (χ0) is 16.4. The lowest BCUT2D eigenvalue weighted by molar-refractivity contribution is -0.137. The summed E-state index contributed by atoms with van der Waals surface area (Å²) in [6.07, 6.45) is 0. The Kier molecular flexibility index (Phi) is 4.24. The molecule has 2 aliphatic rings. The van der Waals surface area contributed by atoms with E-state index in [1.807, 2.05) is 0 Å². The van der Waals surface area contributed by atoms with Crippen molar-refractivity contribution in [3.63, 3.8) is 0 Å². The first-order valence-electron chi connectivity index (χ1n) is 7.42. The molecule has 2 heterocycles. The normalized spacial score (nSPS) is 21.5. The zero-order valence-corrected chi connectivity index (χ0v) is 12.4. The first-order chi connectivity index (χ1) is 11.1. The van der Waals surface area contributed by atoms with Crippen molar-refractivity contribution in [2.75, 3.05) is 32.7 Å². The zero-order valence-electron chi connectivity index (χ0n) is 12.4. The van der Waals surface area contributed by atoms with Crippen LogP contribution in [0.1, 0.15) is 11.6 Å². The summed E-state index contributed by atoms with van der Waals surface area (Å²) >= 11 is 0. The average molecular weight is 320 g/mol. The van der Waals surface area contributed by atoms with Crippen molar-refractivity contribution in [2.45, 2.75) is 6.04 Å². The number of carbonyl (C=O) groups excluding carboxylic acids is 3. The number of nitrogens with zero attached hydrogens (tertiary/aromatic N) is 2. The Morgan fingerprint density at radius 2 is 1.83 bits per heavy atom. The summed E-state index contributed by atoms with van der Waals surface area (Å²) in [7, 11) is 0. The molecule has 0 saturated carbocycles. The second-order valence-electron chi connectivity index (χ2n) is 5.49. The SMILES string of the molecule is O=C(CN1C(=O)NC(c2ccc(F)cc2)C1=O)N1CCNCC1. The van der Waals surface area contributed by atoms with Gasteiger partial charge < -0.3 is 15.5 Å². The number of urea groups is 1. The molecule has 122 valence electrons. The lowest BCUT2D eigenvalue weighted by Crippen LogP contribution is -2.50. The number of rotatable bonds is 3. The van der Waals surface area contributed by atoms with Crippen LogP contribution >= 0.6 is 0 Å². The predicted molar refractivity (Wildman–Crippen MR) is 78.8 cm³/mol. The third-order valence-corrected chi connectivity index (χ3v) is 3.99. The van der Waals surface area contributed by atoms with Crippen molar-refractivity contribution in [3.05, 3.63) is 35.6 Å². The van der Waals surface area contributed by atoms with E-state index in [0.29, 0.717) is 31.7 Å². The number of benzene rings is 1. The molecule has 7 nitrogen and oxygen atoms in total. The fraction of sp³-hybridized carbons (Fsp3) is 0.400. The lowest BCUT2D eigenvalue weighted by atomic mass is 10.1. The molecule has 2 N–H and O–H groups in total. The Bertz CT molecular complexity index is 628. The number of piperazine rings is 1. The van der Waals surface area contributed by atoms with Crippen molar-refractivity contribution >= 4 is 17.8 Å². The number of hydrogen-bond acceptors (Lipinski definition) is 4. The number of imide groups is 1. The number of carbonyl (C=O) groups is 3. The molecule has 0 aliphatic carbocycles. The first kappa shape index (κ1) is 15.4. The van der Waals surface area contributed by atoms with E-state index in [2.05, 4.69) is 10.6 Å². The molecule has 0 radical (unpaired) electrons. The van der Waals surface area contributed by atoms with Crippen molar-refractivity contribution in [3.8, 4) is 0 Å². The van der Waals surface area contributed by atoms with Gasteiger partial charge in [0.05, 0.1) is 0 Å². The second-order valence-corrected chi connectivity index (χ2v) is 5.49. The van der Waals surface area contributed by atoms with E-state index < -0.39 is 23.8 Å². The van der Waals surface area contributed by atoms with Crippen LogP contribution in [-0.2, 0) is 9.59 Å². The van der Waals surface area contributed by atoms with Crippen molar-refractivity contribution < 1.29 is 18.8 Å². The Morgan fingerprint density at radius 1 is 1.17 bits per heavy atom. The van der Waals surface area contributed by atoms with E-state index >= 15 is 0 Å². The van der Waals surface area contributed by atoms with Gasteiger partial charge in [-0.2, -0.15) is 0 Å². The van der Waals surface area contributed by atoms with Gasteiger partial charge in [0.25, 0.3) is 5.91 Å². The van der Waals surface area contributed by atoms with Crippen LogP contribution in [-0.4, -0.2) is 60.4 Å². The summed E-state index contributed by atoms with van der Waals surface area (Å²) in [4.78, 5) is 39.1. The summed E-state index contributed by atoms with van der Waals surface area (Å²) in [6.45, 7) is 2.24. The Labute approximate surface area is 132 Å². The quantitative estimate of drug-likeness (QED) is 0.759. The van der Waals surface area contributed by atoms with Gasteiger partial charge in [-0.3, -0.25) is 14.5 Å². The minimum absolute atomic E-state index is 0.255. The number of hydrogen-bond donors (Lipinski definition) is 2. The summed E-state index contributed by atoms with van der Waals surface area (Å²) < 4.78 is 13.0. The van der Waals surface area contributed by atoms with Gasteiger partial charge in [0, 0.05) is 26.2 Å². The Hall–Kier alpha value is -2.48. The van der Waals surface area contributed by atoms with Gasteiger partial charge >= 0.3 is 6.03 Å². The minimum Gasteiger partial charge on any atom is -0.339 e. The highest BCUT2D eigenvalue weighted by molar-refractivity contribution is 6.06. The van der Waals surface area contributed by atoms with E-state index in [1.54, 1.807) is 4.90 Å². The van der Waals surface area contributed by atoms with E-state index in [4.69, 9.17) is 0 Å². The highest BCUT2D eigenvalue weighted by Gasteiger charge is 2.40. The molecule has 0 aromatic heterocycles. The van der Waals surface area contributed by atoms with Gasteiger partial charge in [-0.1, -0.05) is 12.1 Å². The summed E-state index contributed by atoms with van der Waals surface area (Å²) in [5, 5.41) is 5.66. The molecule has 0 bridgehead atoms. The molecule has 8 heteroatoms. The minimum atomic E-state index is -0.876. The summed E-state index contributed by atoms with van der Waals surface area (Å²) in [5.74, 6) is -1.17. The number of amides is 4. The molecule has 0 spiro atoms. The van der Waals surface area contributed by atoms with E-state index in [9.17, 15) is 18.8 Å². The monoisotopic (exact) mass is 320 g/mol. The Morgan fingerprint density at radius 3 is 2.48 bits per heavy atom. The van der Waals surface area contributed by atoms with Crippen LogP contribution in [0.25, 0.3) is 0 Å².